The lowest BCUT2D eigenvalue weighted by Crippen LogP contribution is -2.21. The van der Waals surface area contributed by atoms with Crippen LogP contribution in [-0.2, 0) is 24.5 Å². The summed E-state index contributed by atoms with van der Waals surface area (Å²) in [4.78, 5) is 22.8. The van der Waals surface area contributed by atoms with E-state index < -0.39 is 11.9 Å². The van der Waals surface area contributed by atoms with Crippen LogP contribution in [-0.4, -0.2) is 37.9 Å². The van der Waals surface area contributed by atoms with E-state index in [1.807, 2.05) is 19.1 Å². The summed E-state index contributed by atoms with van der Waals surface area (Å²) in [7, 11) is 1.24. The molecule has 0 saturated carbocycles. The smallest absolute Gasteiger partial charge is 0.331 e. The summed E-state index contributed by atoms with van der Waals surface area (Å²) in [5, 5.41) is 0. The van der Waals surface area contributed by atoms with E-state index in [-0.39, 0.29) is 24.2 Å². The second-order valence-electron chi connectivity index (χ2n) is 11.2. The summed E-state index contributed by atoms with van der Waals surface area (Å²) in [5.41, 5.74) is 2.15. The van der Waals surface area contributed by atoms with Gasteiger partial charge in [0, 0.05) is 17.6 Å². The van der Waals surface area contributed by atoms with Crippen molar-refractivity contribution in [3.05, 3.63) is 71.8 Å². The van der Waals surface area contributed by atoms with Gasteiger partial charge < -0.3 is 18.9 Å². The van der Waals surface area contributed by atoms with Crippen LogP contribution in [0.25, 0.3) is 0 Å². The number of methoxy groups -OCH3 is 1. The summed E-state index contributed by atoms with van der Waals surface area (Å²) in [6, 6.07) is 16.4. The van der Waals surface area contributed by atoms with Crippen molar-refractivity contribution in [2.24, 2.45) is 5.92 Å². The topological polar surface area (TPSA) is 71.1 Å². The van der Waals surface area contributed by atoms with Crippen molar-refractivity contribution in [1.29, 1.82) is 0 Å². The van der Waals surface area contributed by atoms with Crippen LogP contribution < -0.4 is 9.47 Å². The lowest BCUT2D eigenvalue weighted by atomic mass is 9.78. The van der Waals surface area contributed by atoms with E-state index >= 15 is 0 Å². The molecule has 220 valence electrons. The Hall–Kier alpha value is -3.28. The van der Waals surface area contributed by atoms with Crippen LogP contribution in [0.2, 0.25) is 0 Å². The van der Waals surface area contributed by atoms with Gasteiger partial charge in [0.1, 0.15) is 24.2 Å². The Labute approximate surface area is 241 Å². The second kappa shape index (κ2) is 16.7. The molecule has 3 unspecified atom stereocenters. The van der Waals surface area contributed by atoms with Gasteiger partial charge in [0.05, 0.1) is 13.2 Å². The molecule has 2 aromatic rings. The maximum absolute atomic E-state index is 11.7. The van der Waals surface area contributed by atoms with Crippen molar-refractivity contribution < 1.29 is 28.5 Å². The first-order valence-corrected chi connectivity index (χ1v) is 14.5. The molecule has 0 heterocycles. The standard InChI is InChI=1S/C34H48O6/c1-8-9-10-11-25(2)12-13-26(3)39-30-18-14-28(15-19-30)34(5,6)29-16-20-31(21-17-29)40-27(4)24-38-33(36)23-22-32(35)37-7/h14-23,25-27H,8-13,24H2,1-7H3/b23-22+. The average Bonchev–Trinajstić information content (AvgIpc) is 2.94. The zero-order valence-corrected chi connectivity index (χ0v) is 25.4. The molecule has 0 aliphatic rings. The van der Waals surface area contributed by atoms with Crippen LogP contribution in [0.4, 0.5) is 0 Å². The Balaban J connectivity index is 1.87. The monoisotopic (exact) mass is 552 g/mol. The minimum atomic E-state index is -0.628. The van der Waals surface area contributed by atoms with E-state index in [4.69, 9.17) is 14.2 Å². The number of hydrogen-bond acceptors (Lipinski definition) is 6. The summed E-state index contributed by atoms with van der Waals surface area (Å²) in [6.07, 6.45) is 9.41. The third-order valence-corrected chi connectivity index (χ3v) is 7.21. The Morgan fingerprint density at radius 3 is 1.80 bits per heavy atom. The highest BCUT2D eigenvalue weighted by Crippen LogP contribution is 2.33. The van der Waals surface area contributed by atoms with Gasteiger partial charge in [-0.1, -0.05) is 77.6 Å². The normalized spacial score (nSPS) is 13.9. The number of benzene rings is 2. The molecule has 3 atom stereocenters. The van der Waals surface area contributed by atoms with Crippen molar-refractivity contribution in [2.75, 3.05) is 13.7 Å². The number of hydrogen-bond donors (Lipinski definition) is 0. The Kier molecular flexibility index (Phi) is 13.8. The molecule has 0 aromatic heterocycles. The lowest BCUT2D eigenvalue weighted by molar-refractivity contribution is -0.141. The van der Waals surface area contributed by atoms with E-state index in [1.54, 1.807) is 0 Å². The van der Waals surface area contributed by atoms with Crippen molar-refractivity contribution in [3.8, 4) is 11.5 Å². The predicted octanol–water partition coefficient (Wildman–Crippen LogP) is 7.82. The summed E-state index contributed by atoms with van der Waals surface area (Å²) in [6.45, 7) is 13.0. The highest BCUT2D eigenvalue weighted by Gasteiger charge is 2.23. The van der Waals surface area contributed by atoms with Crippen molar-refractivity contribution in [1.82, 2.24) is 0 Å². The van der Waals surface area contributed by atoms with Crippen molar-refractivity contribution in [2.45, 2.75) is 97.7 Å². The third kappa shape index (κ3) is 11.4. The second-order valence-corrected chi connectivity index (χ2v) is 11.2. The molecule has 0 fully saturated rings. The van der Waals surface area contributed by atoms with E-state index in [9.17, 15) is 9.59 Å². The molecule has 0 aliphatic carbocycles. The van der Waals surface area contributed by atoms with Gasteiger partial charge in [-0.05, 0) is 68.0 Å². The minimum absolute atomic E-state index is 0.0581. The maximum atomic E-state index is 11.7. The summed E-state index contributed by atoms with van der Waals surface area (Å²) in [5.74, 6) is 1.10. The molecular formula is C34H48O6. The molecule has 6 nitrogen and oxygen atoms in total. The molecule has 2 aromatic carbocycles. The van der Waals surface area contributed by atoms with Crippen LogP contribution in [0.1, 0.15) is 91.2 Å². The van der Waals surface area contributed by atoms with E-state index in [0.717, 1.165) is 35.8 Å². The van der Waals surface area contributed by atoms with Gasteiger partial charge in [-0.2, -0.15) is 0 Å². The van der Waals surface area contributed by atoms with E-state index in [2.05, 4.69) is 75.8 Å². The van der Waals surface area contributed by atoms with Crippen LogP contribution in [0.3, 0.4) is 0 Å². The number of unbranched alkanes of at least 4 members (excludes halogenated alkanes) is 2. The minimum Gasteiger partial charge on any atom is -0.491 e. The molecule has 0 bridgehead atoms. The van der Waals surface area contributed by atoms with E-state index in [1.165, 1.54) is 44.8 Å². The summed E-state index contributed by atoms with van der Waals surface area (Å²) < 4.78 is 21.7. The maximum Gasteiger partial charge on any atom is 0.331 e. The average molecular weight is 553 g/mol. The molecule has 0 spiro atoms. The van der Waals surface area contributed by atoms with Crippen LogP contribution in [0, 0.1) is 5.92 Å². The van der Waals surface area contributed by atoms with Crippen LogP contribution in [0.15, 0.2) is 60.7 Å². The van der Waals surface area contributed by atoms with Gasteiger partial charge in [-0.3, -0.25) is 0 Å². The van der Waals surface area contributed by atoms with Crippen LogP contribution >= 0.6 is 0 Å². The molecule has 0 saturated heterocycles. The van der Waals surface area contributed by atoms with Crippen molar-refractivity contribution >= 4 is 11.9 Å². The van der Waals surface area contributed by atoms with Crippen LogP contribution in [0.5, 0.6) is 11.5 Å². The molecule has 0 N–H and O–H groups in total. The zero-order chi connectivity index (χ0) is 29.5. The van der Waals surface area contributed by atoms with Gasteiger partial charge in [0.15, 0.2) is 0 Å². The van der Waals surface area contributed by atoms with Crippen molar-refractivity contribution in [3.63, 3.8) is 0 Å². The highest BCUT2D eigenvalue weighted by molar-refractivity contribution is 5.91. The zero-order valence-electron chi connectivity index (χ0n) is 25.4. The number of carbonyl (C=O) groups is 2. The molecule has 6 heteroatoms. The van der Waals surface area contributed by atoms with E-state index in [0.29, 0.717) is 5.75 Å². The van der Waals surface area contributed by atoms with Gasteiger partial charge in [0.2, 0.25) is 0 Å². The number of rotatable bonds is 17. The molecule has 0 aliphatic heterocycles. The highest BCUT2D eigenvalue weighted by atomic mass is 16.6. The Morgan fingerprint density at radius 2 is 1.27 bits per heavy atom. The largest absolute Gasteiger partial charge is 0.491 e. The predicted molar refractivity (Wildman–Crippen MR) is 160 cm³/mol. The number of ether oxygens (including phenoxy) is 4. The first-order valence-electron chi connectivity index (χ1n) is 14.5. The van der Waals surface area contributed by atoms with Gasteiger partial charge in [-0.25, -0.2) is 9.59 Å². The SMILES string of the molecule is CCCCCC(C)CCC(C)Oc1ccc(C(C)(C)c2ccc(OC(C)COC(=O)/C=C/C(=O)OC)cc2)cc1. The summed E-state index contributed by atoms with van der Waals surface area (Å²) >= 11 is 0. The molecule has 2 rings (SSSR count). The van der Waals surface area contributed by atoms with Gasteiger partial charge in [0.25, 0.3) is 0 Å². The van der Waals surface area contributed by atoms with Gasteiger partial charge >= 0.3 is 11.9 Å². The molecule has 0 radical (unpaired) electrons. The molecular weight excluding hydrogens is 504 g/mol. The fourth-order valence-electron chi connectivity index (χ4n) is 4.48. The Morgan fingerprint density at radius 1 is 0.750 bits per heavy atom. The third-order valence-electron chi connectivity index (χ3n) is 7.21. The first-order chi connectivity index (χ1) is 19.0. The number of carbonyl (C=O) groups excluding carboxylic acids is 2. The fraction of sp³-hybridized carbons (Fsp3) is 0.529. The van der Waals surface area contributed by atoms with Gasteiger partial charge in [-0.15, -0.1) is 0 Å². The molecule has 0 amide bonds. The number of esters is 2. The molecule has 40 heavy (non-hydrogen) atoms. The lowest BCUT2D eigenvalue weighted by Gasteiger charge is -2.27. The fourth-order valence-corrected chi connectivity index (χ4v) is 4.48. The quantitative estimate of drug-likeness (QED) is 0.113. The Bertz CT molecular complexity index is 1050. The first kappa shape index (κ1) is 32.9.